The number of hydrogen-bond donors (Lipinski definition) is 1. The summed E-state index contributed by atoms with van der Waals surface area (Å²) in [7, 11) is 0. The van der Waals surface area contributed by atoms with Crippen molar-refractivity contribution in [2.45, 2.75) is 65.5 Å². The number of amides is 2. The van der Waals surface area contributed by atoms with E-state index < -0.39 is 23.1 Å². The van der Waals surface area contributed by atoms with Crippen molar-refractivity contribution in [1.29, 1.82) is 0 Å². The van der Waals surface area contributed by atoms with Crippen molar-refractivity contribution in [3.05, 3.63) is 46.6 Å². The summed E-state index contributed by atoms with van der Waals surface area (Å²) in [6.07, 6.45) is 1.02. The Hall–Kier alpha value is -2.94. The first kappa shape index (κ1) is 26.7. The fraction of sp³-hybridized carbons (Fsp3) is 0.520. The third-order valence-corrected chi connectivity index (χ3v) is 5.85. The van der Waals surface area contributed by atoms with Crippen LogP contribution in [0.1, 0.15) is 70.6 Å². The number of aromatic nitrogens is 2. The topological polar surface area (TPSA) is 87.7 Å². The molecule has 35 heavy (non-hydrogen) atoms. The van der Waals surface area contributed by atoms with Crippen LogP contribution in [-0.4, -0.2) is 62.5 Å². The summed E-state index contributed by atoms with van der Waals surface area (Å²) < 4.78 is 19.3. The Morgan fingerprint density at radius 2 is 1.91 bits per heavy atom. The number of halogens is 2. The van der Waals surface area contributed by atoms with Crippen molar-refractivity contribution in [1.82, 2.24) is 19.8 Å². The van der Waals surface area contributed by atoms with E-state index in [-0.39, 0.29) is 22.5 Å². The number of piperazine rings is 1. The number of nitrogens with zero attached hydrogens (tertiary/aromatic N) is 4. The lowest BCUT2D eigenvalue weighted by molar-refractivity contribution is -0.0110. The molecule has 8 nitrogen and oxygen atoms in total. The average molecular weight is 506 g/mol. The number of benzene rings is 1. The van der Waals surface area contributed by atoms with Crippen LogP contribution in [0.2, 0.25) is 5.02 Å². The largest absolute Gasteiger partial charge is 0.444 e. The number of anilines is 2. The van der Waals surface area contributed by atoms with E-state index in [1.54, 1.807) is 15.9 Å². The van der Waals surface area contributed by atoms with Gasteiger partial charge in [-0.05, 0) is 58.7 Å². The van der Waals surface area contributed by atoms with Crippen LogP contribution >= 0.6 is 11.6 Å². The maximum Gasteiger partial charge on any atom is 0.410 e. The number of carbonyl (C=O) groups excluding carboxylic acids is 2. The Morgan fingerprint density at radius 3 is 2.49 bits per heavy atom. The predicted octanol–water partition coefficient (Wildman–Crippen LogP) is 5.61. The van der Waals surface area contributed by atoms with Crippen LogP contribution in [0.3, 0.4) is 0 Å². The number of hydrogen-bond acceptors (Lipinski definition) is 6. The van der Waals surface area contributed by atoms with Crippen LogP contribution in [0.4, 0.5) is 20.7 Å². The molecule has 0 radical (unpaired) electrons. The number of nitrogens with one attached hydrogen (secondary N) is 1. The van der Waals surface area contributed by atoms with Crippen LogP contribution in [-0.2, 0) is 4.74 Å². The van der Waals surface area contributed by atoms with Gasteiger partial charge in [-0.1, -0.05) is 25.4 Å². The molecule has 1 saturated heterocycles. The molecule has 10 heteroatoms. The first-order valence-corrected chi connectivity index (χ1v) is 11.9. The van der Waals surface area contributed by atoms with Gasteiger partial charge in [0.2, 0.25) is 0 Å². The van der Waals surface area contributed by atoms with Gasteiger partial charge in [0.1, 0.15) is 17.1 Å². The maximum absolute atomic E-state index is 13.9. The lowest BCUT2D eigenvalue weighted by Gasteiger charge is -2.46. The Morgan fingerprint density at radius 1 is 1.23 bits per heavy atom. The molecule has 190 valence electrons. The van der Waals surface area contributed by atoms with E-state index in [1.165, 1.54) is 18.3 Å². The molecule has 0 bridgehead atoms. The minimum atomic E-state index is -0.635. The molecular formula is C25H33ClFN5O3. The summed E-state index contributed by atoms with van der Waals surface area (Å²) in [5, 5.41) is 3.09. The Labute approximate surface area is 210 Å². The molecule has 1 fully saturated rings. The van der Waals surface area contributed by atoms with Gasteiger partial charge in [0, 0.05) is 25.3 Å². The van der Waals surface area contributed by atoms with Crippen LogP contribution in [0, 0.1) is 5.82 Å². The molecule has 0 unspecified atom stereocenters. The second kappa shape index (κ2) is 9.97. The second-order valence-corrected chi connectivity index (χ2v) is 11.0. The van der Waals surface area contributed by atoms with E-state index in [2.05, 4.69) is 15.3 Å². The van der Waals surface area contributed by atoms with Crippen molar-refractivity contribution in [3.63, 3.8) is 0 Å². The molecule has 2 heterocycles. The normalized spacial score (nSPS) is 15.8. The second-order valence-electron chi connectivity index (χ2n) is 10.6. The van der Waals surface area contributed by atoms with Gasteiger partial charge >= 0.3 is 6.09 Å². The van der Waals surface area contributed by atoms with Gasteiger partial charge in [0.25, 0.3) is 5.91 Å². The molecule has 1 N–H and O–H groups in total. The Kier molecular flexibility index (Phi) is 7.59. The molecule has 1 aliphatic heterocycles. The minimum absolute atomic E-state index is 0.0287. The summed E-state index contributed by atoms with van der Waals surface area (Å²) >= 11 is 5.77. The van der Waals surface area contributed by atoms with E-state index in [0.717, 1.165) is 0 Å². The summed E-state index contributed by atoms with van der Waals surface area (Å²) in [6.45, 7) is 14.2. The highest BCUT2D eigenvalue weighted by Crippen LogP contribution is 2.28. The lowest BCUT2D eigenvalue weighted by atomic mass is 9.98. The molecule has 3 rings (SSSR count). The lowest BCUT2D eigenvalue weighted by Crippen LogP contribution is -2.62. The van der Waals surface area contributed by atoms with E-state index in [4.69, 9.17) is 16.3 Å². The molecule has 0 saturated carbocycles. The van der Waals surface area contributed by atoms with Crippen LogP contribution in [0.25, 0.3) is 0 Å². The van der Waals surface area contributed by atoms with Crippen molar-refractivity contribution in [2.75, 3.05) is 25.0 Å². The average Bonchev–Trinajstić information content (AvgIpc) is 2.74. The van der Waals surface area contributed by atoms with E-state index in [0.29, 0.717) is 36.8 Å². The van der Waals surface area contributed by atoms with Crippen LogP contribution in [0.5, 0.6) is 0 Å². The van der Waals surface area contributed by atoms with Crippen molar-refractivity contribution in [3.8, 4) is 0 Å². The first-order chi connectivity index (χ1) is 16.2. The van der Waals surface area contributed by atoms with Gasteiger partial charge in [-0.25, -0.2) is 19.2 Å². The minimum Gasteiger partial charge on any atom is -0.444 e. The summed E-state index contributed by atoms with van der Waals surface area (Å²) in [6, 6.07) is 4.38. The summed E-state index contributed by atoms with van der Waals surface area (Å²) in [5.74, 6) is -0.424. The highest BCUT2D eigenvalue weighted by Gasteiger charge is 2.40. The van der Waals surface area contributed by atoms with E-state index >= 15 is 0 Å². The molecule has 0 atom stereocenters. The van der Waals surface area contributed by atoms with Crippen LogP contribution < -0.4 is 5.32 Å². The monoisotopic (exact) mass is 505 g/mol. The smallest absolute Gasteiger partial charge is 0.410 e. The molecule has 2 aromatic rings. The van der Waals surface area contributed by atoms with Gasteiger partial charge in [0.15, 0.2) is 5.82 Å². The van der Waals surface area contributed by atoms with Crippen LogP contribution in [0.15, 0.2) is 24.4 Å². The van der Waals surface area contributed by atoms with E-state index in [9.17, 15) is 14.0 Å². The molecule has 2 amide bonds. The molecule has 1 aromatic carbocycles. The van der Waals surface area contributed by atoms with Crippen molar-refractivity contribution < 1.29 is 18.7 Å². The fourth-order valence-electron chi connectivity index (χ4n) is 3.87. The zero-order chi connectivity index (χ0) is 26.1. The summed E-state index contributed by atoms with van der Waals surface area (Å²) in [5.41, 5.74) is 0.0344. The Balaban J connectivity index is 1.80. The zero-order valence-corrected chi connectivity index (χ0v) is 22.0. The standard InChI is InChI=1S/C25H33ClFN5O3/c1-15(2)20-21(29-16-8-9-17(26)18(27)12-16)28-13-19(30-20)22(33)32-11-10-31(14-25(32,6)7)23(34)35-24(3,4)5/h8-9,12-13,15H,10-11,14H2,1-7H3,(H,28,29). The van der Waals surface area contributed by atoms with Crippen molar-refractivity contribution in [2.24, 2.45) is 0 Å². The van der Waals surface area contributed by atoms with Gasteiger partial charge < -0.3 is 19.9 Å². The Bertz CT molecular complexity index is 1120. The predicted molar refractivity (Wildman–Crippen MR) is 134 cm³/mol. The quantitative estimate of drug-likeness (QED) is 0.581. The fourth-order valence-corrected chi connectivity index (χ4v) is 3.99. The molecule has 0 spiro atoms. The SMILES string of the molecule is CC(C)c1nc(C(=O)N2CCN(C(=O)OC(C)(C)C)CC2(C)C)cnc1Nc1ccc(Cl)c(F)c1. The van der Waals surface area contributed by atoms with Gasteiger partial charge in [-0.2, -0.15) is 0 Å². The molecular weight excluding hydrogens is 473 g/mol. The maximum atomic E-state index is 13.9. The summed E-state index contributed by atoms with van der Waals surface area (Å²) in [4.78, 5) is 38.4. The van der Waals surface area contributed by atoms with Gasteiger partial charge in [0.05, 0.1) is 22.5 Å². The van der Waals surface area contributed by atoms with Gasteiger partial charge in [-0.3, -0.25) is 4.79 Å². The highest BCUT2D eigenvalue weighted by atomic mass is 35.5. The number of carbonyl (C=O) groups is 2. The number of rotatable bonds is 4. The zero-order valence-electron chi connectivity index (χ0n) is 21.3. The van der Waals surface area contributed by atoms with E-state index in [1.807, 2.05) is 48.5 Å². The molecule has 0 aliphatic carbocycles. The van der Waals surface area contributed by atoms with Crippen molar-refractivity contribution >= 4 is 35.1 Å². The highest BCUT2D eigenvalue weighted by molar-refractivity contribution is 6.30. The molecule has 1 aromatic heterocycles. The molecule has 1 aliphatic rings. The third kappa shape index (κ3) is 6.39. The first-order valence-electron chi connectivity index (χ1n) is 11.6. The number of ether oxygens (including phenoxy) is 1. The third-order valence-electron chi connectivity index (χ3n) is 5.55. The van der Waals surface area contributed by atoms with Gasteiger partial charge in [-0.15, -0.1) is 0 Å².